The number of nitrogens with one attached hydrogen (secondary N) is 1. The number of hydrogen-bond donors (Lipinski definition) is 2. The summed E-state index contributed by atoms with van der Waals surface area (Å²) in [7, 11) is -3.60. The van der Waals surface area contributed by atoms with E-state index in [0.29, 0.717) is 36.9 Å². The van der Waals surface area contributed by atoms with E-state index in [1.54, 1.807) is 24.3 Å². The van der Waals surface area contributed by atoms with Crippen LogP contribution in [0.5, 0.6) is 0 Å². The lowest BCUT2D eigenvalue weighted by molar-refractivity contribution is -0.126. The lowest BCUT2D eigenvalue weighted by Crippen LogP contribution is -2.46. The lowest BCUT2D eigenvalue weighted by atomic mass is 9.99. The van der Waals surface area contributed by atoms with E-state index in [-0.39, 0.29) is 35.7 Å². The summed E-state index contributed by atoms with van der Waals surface area (Å²) in [5, 5.41) is 2.73. The van der Waals surface area contributed by atoms with Crippen LogP contribution in [-0.4, -0.2) is 44.8 Å². The Hall–Kier alpha value is -0.670. The van der Waals surface area contributed by atoms with Crippen molar-refractivity contribution >= 4 is 44.3 Å². The maximum Gasteiger partial charge on any atom is 0.244 e. The first-order valence-corrected chi connectivity index (χ1v) is 9.42. The molecule has 1 fully saturated rings. The number of nitrogens with two attached hydrogens (primary N) is 1. The fourth-order valence-electron chi connectivity index (χ4n) is 2.51. The maximum atomic E-state index is 12.7. The van der Waals surface area contributed by atoms with Crippen LogP contribution in [0.2, 0.25) is 0 Å². The van der Waals surface area contributed by atoms with Gasteiger partial charge in [-0.1, -0.05) is 12.1 Å². The quantitative estimate of drug-likeness (QED) is 0.743. The zero-order valence-electron chi connectivity index (χ0n) is 12.6. The van der Waals surface area contributed by atoms with Crippen LogP contribution in [0.3, 0.4) is 0 Å². The third-order valence-corrected chi connectivity index (χ3v) is 6.53. The minimum absolute atomic E-state index is 0. The number of carbonyl (C=O) groups excluding carboxylic acids is 1. The normalized spacial score (nSPS) is 19.0. The Morgan fingerprint density at radius 3 is 2.74 bits per heavy atom. The van der Waals surface area contributed by atoms with E-state index in [1.165, 1.54) is 4.31 Å². The molecule has 0 aliphatic carbocycles. The van der Waals surface area contributed by atoms with Crippen molar-refractivity contribution in [3.05, 3.63) is 28.7 Å². The average molecular weight is 427 g/mol. The molecule has 1 atom stereocenters. The first-order chi connectivity index (χ1) is 10.5. The predicted molar refractivity (Wildman–Crippen MR) is 94.9 cm³/mol. The van der Waals surface area contributed by atoms with Crippen molar-refractivity contribution < 1.29 is 13.2 Å². The summed E-state index contributed by atoms with van der Waals surface area (Å²) in [6, 6.07) is 6.72. The van der Waals surface area contributed by atoms with Gasteiger partial charge < -0.3 is 11.1 Å². The SMILES string of the molecule is Cl.NCCNC(=O)C1CCCN(S(=O)(=O)c2ccccc2Br)C1. The van der Waals surface area contributed by atoms with Gasteiger partial charge in [0.2, 0.25) is 15.9 Å². The van der Waals surface area contributed by atoms with Crippen LogP contribution >= 0.6 is 28.3 Å². The molecule has 0 radical (unpaired) electrons. The summed E-state index contributed by atoms with van der Waals surface area (Å²) in [4.78, 5) is 12.3. The molecule has 1 saturated heterocycles. The van der Waals surface area contributed by atoms with Crippen LogP contribution in [0.25, 0.3) is 0 Å². The molecule has 6 nitrogen and oxygen atoms in total. The van der Waals surface area contributed by atoms with E-state index in [4.69, 9.17) is 5.73 Å². The third-order valence-electron chi connectivity index (χ3n) is 3.65. The van der Waals surface area contributed by atoms with Gasteiger partial charge in [0.05, 0.1) is 10.8 Å². The van der Waals surface area contributed by atoms with Crippen LogP contribution in [0.4, 0.5) is 0 Å². The largest absolute Gasteiger partial charge is 0.355 e. The van der Waals surface area contributed by atoms with Crippen molar-refractivity contribution in [1.82, 2.24) is 9.62 Å². The van der Waals surface area contributed by atoms with E-state index in [2.05, 4.69) is 21.2 Å². The molecule has 1 heterocycles. The molecular formula is C14H21BrClN3O3S. The molecule has 2 rings (SSSR count). The second-order valence-electron chi connectivity index (χ2n) is 5.21. The molecule has 9 heteroatoms. The number of nitrogens with zero attached hydrogens (tertiary/aromatic N) is 1. The van der Waals surface area contributed by atoms with Crippen molar-refractivity contribution in [2.45, 2.75) is 17.7 Å². The number of hydrogen-bond acceptors (Lipinski definition) is 4. The molecule has 1 aromatic rings. The standard InChI is InChI=1S/C14H20BrN3O3S.ClH/c15-12-5-1-2-6-13(12)22(20,21)18-9-3-4-11(10-18)14(19)17-8-7-16;/h1-2,5-6,11H,3-4,7-10,16H2,(H,17,19);1H. The number of carbonyl (C=O) groups is 1. The minimum atomic E-state index is -3.60. The van der Waals surface area contributed by atoms with E-state index in [9.17, 15) is 13.2 Å². The van der Waals surface area contributed by atoms with Gasteiger partial charge in [-0.05, 0) is 40.9 Å². The van der Waals surface area contributed by atoms with Gasteiger partial charge in [0.15, 0.2) is 0 Å². The molecule has 3 N–H and O–H groups in total. The highest BCUT2D eigenvalue weighted by molar-refractivity contribution is 9.10. The number of piperidine rings is 1. The Labute approximate surface area is 151 Å². The third kappa shape index (κ3) is 4.90. The highest BCUT2D eigenvalue weighted by atomic mass is 79.9. The molecule has 1 aliphatic heterocycles. The zero-order chi connectivity index (χ0) is 16.2. The molecule has 0 bridgehead atoms. The molecule has 1 amide bonds. The van der Waals surface area contributed by atoms with Crippen molar-refractivity contribution in [1.29, 1.82) is 0 Å². The Balaban J connectivity index is 0.00000264. The molecule has 0 spiro atoms. The summed E-state index contributed by atoms with van der Waals surface area (Å²) in [5.74, 6) is -0.449. The van der Waals surface area contributed by atoms with Crippen LogP contribution in [0, 0.1) is 5.92 Å². The molecule has 1 aromatic carbocycles. The Kier molecular flexibility index (Phi) is 7.96. The van der Waals surface area contributed by atoms with E-state index < -0.39 is 10.0 Å². The van der Waals surface area contributed by atoms with Crippen molar-refractivity contribution in [2.75, 3.05) is 26.2 Å². The van der Waals surface area contributed by atoms with Gasteiger partial charge >= 0.3 is 0 Å². The first-order valence-electron chi connectivity index (χ1n) is 7.19. The number of sulfonamides is 1. The summed E-state index contributed by atoms with van der Waals surface area (Å²) in [6.07, 6.45) is 1.36. The number of benzene rings is 1. The van der Waals surface area contributed by atoms with Gasteiger partial charge in [0.1, 0.15) is 0 Å². The fourth-order valence-corrected chi connectivity index (χ4v) is 4.99. The molecule has 0 saturated carbocycles. The predicted octanol–water partition coefficient (Wildman–Crippen LogP) is 1.35. The van der Waals surface area contributed by atoms with Gasteiger partial charge in [-0.2, -0.15) is 4.31 Å². The second kappa shape index (κ2) is 8.98. The number of amides is 1. The zero-order valence-corrected chi connectivity index (χ0v) is 15.8. The first kappa shape index (κ1) is 20.4. The van der Waals surface area contributed by atoms with Gasteiger partial charge in [-0.25, -0.2) is 8.42 Å². The molecule has 130 valence electrons. The summed E-state index contributed by atoms with van der Waals surface area (Å²) in [6.45, 7) is 1.42. The molecule has 1 unspecified atom stereocenters. The maximum absolute atomic E-state index is 12.7. The van der Waals surface area contributed by atoms with Gasteiger partial charge in [-0.15, -0.1) is 12.4 Å². The Morgan fingerprint density at radius 2 is 2.09 bits per heavy atom. The van der Waals surface area contributed by atoms with Crippen molar-refractivity contribution in [3.63, 3.8) is 0 Å². The van der Waals surface area contributed by atoms with Crippen LogP contribution in [0.15, 0.2) is 33.6 Å². The van der Waals surface area contributed by atoms with Crippen LogP contribution in [-0.2, 0) is 14.8 Å². The highest BCUT2D eigenvalue weighted by Gasteiger charge is 2.33. The second-order valence-corrected chi connectivity index (χ2v) is 7.97. The topological polar surface area (TPSA) is 92.5 Å². The average Bonchev–Trinajstić information content (AvgIpc) is 2.53. The molecule has 23 heavy (non-hydrogen) atoms. The van der Waals surface area contributed by atoms with Gasteiger partial charge in [0, 0.05) is 30.7 Å². The minimum Gasteiger partial charge on any atom is -0.355 e. The number of rotatable bonds is 5. The Morgan fingerprint density at radius 1 is 1.39 bits per heavy atom. The van der Waals surface area contributed by atoms with E-state index >= 15 is 0 Å². The molecule has 1 aliphatic rings. The van der Waals surface area contributed by atoms with Crippen molar-refractivity contribution in [3.8, 4) is 0 Å². The van der Waals surface area contributed by atoms with Crippen molar-refractivity contribution in [2.24, 2.45) is 11.7 Å². The smallest absolute Gasteiger partial charge is 0.244 e. The summed E-state index contributed by atoms with van der Waals surface area (Å²) >= 11 is 3.28. The fraction of sp³-hybridized carbons (Fsp3) is 0.500. The molecule has 0 aromatic heterocycles. The molecular weight excluding hydrogens is 406 g/mol. The van der Waals surface area contributed by atoms with Gasteiger partial charge in [0.25, 0.3) is 0 Å². The number of halogens is 2. The summed E-state index contributed by atoms with van der Waals surface area (Å²) < 4.78 is 27.4. The van der Waals surface area contributed by atoms with E-state index in [0.717, 1.165) is 0 Å². The van der Waals surface area contributed by atoms with Crippen LogP contribution in [0.1, 0.15) is 12.8 Å². The van der Waals surface area contributed by atoms with Gasteiger partial charge in [-0.3, -0.25) is 4.79 Å². The monoisotopic (exact) mass is 425 g/mol. The van der Waals surface area contributed by atoms with Crippen LogP contribution < -0.4 is 11.1 Å². The van der Waals surface area contributed by atoms with E-state index in [1.807, 2.05) is 0 Å². The Bertz CT molecular complexity index is 642. The highest BCUT2D eigenvalue weighted by Crippen LogP contribution is 2.28. The lowest BCUT2D eigenvalue weighted by Gasteiger charge is -2.31. The summed E-state index contributed by atoms with van der Waals surface area (Å²) in [5.41, 5.74) is 5.37.